The number of hydrogen-bond donors (Lipinski definition) is 2. The van der Waals surface area contributed by atoms with Crippen molar-refractivity contribution in [1.29, 1.82) is 0 Å². The molecule has 1 rings (SSSR count). The second-order valence-electron chi connectivity index (χ2n) is 2.75. The maximum Gasteiger partial charge on any atom is 0.393 e. The molecule has 1 aliphatic rings. The molecule has 0 saturated carbocycles. The van der Waals surface area contributed by atoms with E-state index < -0.39 is 24.6 Å². The maximum atomic E-state index is 12.0. The molecule has 13 heavy (non-hydrogen) atoms. The second-order valence-corrected chi connectivity index (χ2v) is 2.75. The average molecular weight is 199 g/mol. The van der Waals surface area contributed by atoms with Gasteiger partial charge in [-0.2, -0.15) is 13.2 Å². The lowest BCUT2D eigenvalue weighted by Gasteiger charge is -2.18. The van der Waals surface area contributed by atoms with Gasteiger partial charge in [-0.3, -0.25) is 0 Å². The van der Waals surface area contributed by atoms with E-state index in [9.17, 15) is 13.2 Å². The van der Waals surface area contributed by atoms with Crippen LogP contribution in [-0.2, 0) is 0 Å². The van der Waals surface area contributed by atoms with Crippen molar-refractivity contribution in [1.82, 2.24) is 5.32 Å². The van der Waals surface area contributed by atoms with Crippen molar-refractivity contribution in [3.05, 3.63) is 0 Å². The standard InChI is InChI=1S/C6H10F3NO.C2H6/c7-6(8,9)5-2-10-1-4(5)3-11;1-2/h4-5,10-11H,1-3H2;1-2H3. The molecule has 2 N–H and O–H groups in total. The van der Waals surface area contributed by atoms with Crippen LogP contribution in [0.2, 0.25) is 0 Å². The Morgan fingerprint density at radius 3 is 2.15 bits per heavy atom. The van der Waals surface area contributed by atoms with E-state index in [0.717, 1.165) is 0 Å². The number of alkyl halides is 3. The van der Waals surface area contributed by atoms with Crippen LogP contribution in [0.3, 0.4) is 0 Å². The highest BCUT2D eigenvalue weighted by molar-refractivity contribution is 4.85. The maximum absolute atomic E-state index is 12.0. The fourth-order valence-corrected chi connectivity index (χ4v) is 1.31. The first-order valence-electron chi connectivity index (χ1n) is 4.44. The lowest BCUT2D eigenvalue weighted by atomic mass is 9.97. The first-order chi connectivity index (χ1) is 6.05. The Hall–Kier alpha value is -0.290. The summed E-state index contributed by atoms with van der Waals surface area (Å²) in [6, 6.07) is 0. The topological polar surface area (TPSA) is 32.3 Å². The number of hydrogen-bond acceptors (Lipinski definition) is 2. The number of nitrogens with one attached hydrogen (secondary N) is 1. The van der Waals surface area contributed by atoms with Gasteiger partial charge in [-0.05, 0) is 0 Å². The molecule has 2 nitrogen and oxygen atoms in total. The molecule has 0 bridgehead atoms. The van der Waals surface area contributed by atoms with Gasteiger partial charge in [0, 0.05) is 25.6 Å². The predicted octanol–water partition coefficient (Wildman–Crippen LogP) is 1.40. The van der Waals surface area contributed by atoms with Gasteiger partial charge in [0.05, 0.1) is 5.92 Å². The summed E-state index contributed by atoms with van der Waals surface area (Å²) in [7, 11) is 0. The summed E-state index contributed by atoms with van der Waals surface area (Å²) in [5.74, 6) is -2.03. The molecule has 0 spiro atoms. The monoisotopic (exact) mass is 199 g/mol. The second kappa shape index (κ2) is 5.44. The fourth-order valence-electron chi connectivity index (χ4n) is 1.31. The number of rotatable bonds is 1. The van der Waals surface area contributed by atoms with Crippen molar-refractivity contribution in [2.75, 3.05) is 19.7 Å². The highest BCUT2D eigenvalue weighted by Gasteiger charge is 2.46. The van der Waals surface area contributed by atoms with E-state index >= 15 is 0 Å². The van der Waals surface area contributed by atoms with Crippen LogP contribution in [0.25, 0.3) is 0 Å². The summed E-state index contributed by atoms with van der Waals surface area (Å²) in [6.45, 7) is 3.81. The van der Waals surface area contributed by atoms with Crippen LogP contribution in [0.5, 0.6) is 0 Å². The summed E-state index contributed by atoms with van der Waals surface area (Å²) in [4.78, 5) is 0. The third kappa shape index (κ3) is 3.52. The zero-order valence-corrected chi connectivity index (χ0v) is 7.86. The lowest BCUT2D eigenvalue weighted by molar-refractivity contribution is -0.181. The van der Waals surface area contributed by atoms with Gasteiger partial charge in [-0.1, -0.05) is 13.8 Å². The molecule has 2 unspecified atom stereocenters. The van der Waals surface area contributed by atoms with Gasteiger partial charge in [0.15, 0.2) is 0 Å². The van der Waals surface area contributed by atoms with Crippen LogP contribution < -0.4 is 5.32 Å². The normalized spacial score (nSPS) is 28.2. The first kappa shape index (κ1) is 12.7. The van der Waals surface area contributed by atoms with E-state index in [1.54, 1.807) is 0 Å². The molecule has 1 aliphatic heterocycles. The van der Waals surface area contributed by atoms with Crippen molar-refractivity contribution < 1.29 is 18.3 Å². The van der Waals surface area contributed by atoms with E-state index in [-0.39, 0.29) is 13.1 Å². The van der Waals surface area contributed by atoms with Gasteiger partial charge in [0.2, 0.25) is 0 Å². The molecule has 5 heteroatoms. The molecule has 0 aliphatic carbocycles. The highest BCUT2D eigenvalue weighted by Crippen LogP contribution is 2.33. The van der Waals surface area contributed by atoms with Crippen LogP contribution in [0.4, 0.5) is 13.2 Å². The summed E-state index contributed by atoms with van der Waals surface area (Å²) < 4.78 is 36.1. The van der Waals surface area contributed by atoms with Gasteiger partial charge < -0.3 is 10.4 Å². The molecule has 1 heterocycles. The fraction of sp³-hybridized carbons (Fsp3) is 1.00. The molecule has 0 radical (unpaired) electrons. The number of aliphatic hydroxyl groups is 1. The molecule has 80 valence electrons. The van der Waals surface area contributed by atoms with E-state index in [1.807, 2.05) is 13.8 Å². The van der Waals surface area contributed by atoms with Crippen molar-refractivity contribution in [3.63, 3.8) is 0 Å². The van der Waals surface area contributed by atoms with E-state index in [1.165, 1.54) is 0 Å². The zero-order valence-electron chi connectivity index (χ0n) is 7.86. The Kier molecular flexibility index (Phi) is 5.32. The Labute approximate surface area is 76.1 Å². The lowest BCUT2D eigenvalue weighted by Crippen LogP contribution is -2.31. The van der Waals surface area contributed by atoms with Gasteiger partial charge in [0.25, 0.3) is 0 Å². The van der Waals surface area contributed by atoms with Crippen LogP contribution in [0.1, 0.15) is 13.8 Å². The molecule has 1 saturated heterocycles. The van der Waals surface area contributed by atoms with Crippen LogP contribution in [-0.4, -0.2) is 31.0 Å². The average Bonchev–Trinajstić information content (AvgIpc) is 2.54. The molecular formula is C8H16F3NO. The molecule has 0 aromatic carbocycles. The predicted molar refractivity (Wildman–Crippen MR) is 44.3 cm³/mol. The van der Waals surface area contributed by atoms with Crippen molar-refractivity contribution in [3.8, 4) is 0 Å². The Morgan fingerprint density at radius 2 is 1.85 bits per heavy atom. The summed E-state index contributed by atoms with van der Waals surface area (Å²) in [5, 5.41) is 11.2. The van der Waals surface area contributed by atoms with Crippen molar-refractivity contribution in [2.45, 2.75) is 20.0 Å². The summed E-state index contributed by atoms with van der Waals surface area (Å²) in [5.41, 5.74) is 0. The number of aliphatic hydroxyl groups excluding tert-OH is 1. The minimum atomic E-state index is -4.17. The molecule has 0 aromatic heterocycles. The molecule has 1 fully saturated rings. The van der Waals surface area contributed by atoms with Gasteiger partial charge in [-0.15, -0.1) is 0 Å². The van der Waals surface area contributed by atoms with Gasteiger partial charge in [0.1, 0.15) is 0 Å². The Balaban J connectivity index is 0.000000671. The third-order valence-corrected chi connectivity index (χ3v) is 1.99. The van der Waals surface area contributed by atoms with E-state index in [2.05, 4.69) is 5.32 Å². The largest absolute Gasteiger partial charge is 0.396 e. The SMILES string of the molecule is CC.OCC1CNCC1C(F)(F)F. The molecular weight excluding hydrogens is 183 g/mol. The van der Waals surface area contributed by atoms with Gasteiger partial charge >= 0.3 is 6.18 Å². The summed E-state index contributed by atoms with van der Waals surface area (Å²) in [6.07, 6.45) is -4.17. The van der Waals surface area contributed by atoms with Crippen LogP contribution >= 0.6 is 0 Å². The van der Waals surface area contributed by atoms with E-state index in [4.69, 9.17) is 5.11 Å². The van der Waals surface area contributed by atoms with Crippen LogP contribution in [0.15, 0.2) is 0 Å². The smallest absolute Gasteiger partial charge is 0.393 e. The molecule has 0 amide bonds. The summed E-state index contributed by atoms with van der Waals surface area (Å²) >= 11 is 0. The third-order valence-electron chi connectivity index (χ3n) is 1.99. The minimum absolute atomic E-state index is 0.0608. The van der Waals surface area contributed by atoms with Crippen molar-refractivity contribution >= 4 is 0 Å². The van der Waals surface area contributed by atoms with Crippen LogP contribution in [0, 0.1) is 11.8 Å². The molecule has 2 atom stereocenters. The highest BCUT2D eigenvalue weighted by atomic mass is 19.4. The quantitative estimate of drug-likeness (QED) is 0.669. The number of halogens is 3. The molecule has 0 aromatic rings. The zero-order chi connectivity index (χ0) is 10.5. The van der Waals surface area contributed by atoms with Crippen molar-refractivity contribution in [2.24, 2.45) is 11.8 Å². The van der Waals surface area contributed by atoms with Gasteiger partial charge in [-0.25, -0.2) is 0 Å². The minimum Gasteiger partial charge on any atom is -0.396 e. The van der Waals surface area contributed by atoms with E-state index in [0.29, 0.717) is 0 Å². The Bertz CT molecular complexity index is 138. The first-order valence-corrected chi connectivity index (χ1v) is 4.44. The Morgan fingerprint density at radius 1 is 1.31 bits per heavy atom.